The van der Waals surface area contributed by atoms with E-state index in [1.165, 1.54) is 11.8 Å². The van der Waals surface area contributed by atoms with Crippen molar-refractivity contribution in [2.75, 3.05) is 12.4 Å². The molecule has 2 aromatic heterocycles. The molecule has 0 aliphatic rings. The van der Waals surface area contributed by atoms with E-state index in [0.717, 1.165) is 11.1 Å². The number of aromatic nitrogens is 4. The minimum Gasteiger partial charge on any atom is -0.464 e. The Labute approximate surface area is 137 Å². The molecule has 0 spiro atoms. The van der Waals surface area contributed by atoms with Crippen molar-refractivity contribution in [2.45, 2.75) is 0 Å². The van der Waals surface area contributed by atoms with Crippen LogP contribution < -0.4 is 5.32 Å². The minimum absolute atomic E-state index is 0.0549. The van der Waals surface area contributed by atoms with Crippen LogP contribution in [0.5, 0.6) is 0 Å². The summed E-state index contributed by atoms with van der Waals surface area (Å²) in [6, 6.07) is 7.09. The van der Waals surface area contributed by atoms with Crippen molar-refractivity contribution >= 4 is 17.6 Å². The fourth-order valence-corrected chi connectivity index (χ4v) is 2.27. The average molecular weight is 325 g/mol. The highest BCUT2D eigenvalue weighted by atomic mass is 16.5. The van der Waals surface area contributed by atoms with E-state index >= 15 is 0 Å². The molecule has 3 rings (SSSR count). The van der Waals surface area contributed by atoms with Crippen LogP contribution in [0, 0.1) is 0 Å². The number of H-pyrrole nitrogens is 1. The molecule has 2 N–H and O–H groups in total. The number of hydrogen-bond donors (Lipinski definition) is 2. The minimum atomic E-state index is -0.613. The molecule has 8 heteroatoms. The number of rotatable bonds is 4. The van der Waals surface area contributed by atoms with Crippen LogP contribution in [0.4, 0.5) is 5.69 Å². The number of carbonyl (C=O) groups is 2. The van der Waals surface area contributed by atoms with Crippen molar-refractivity contribution in [2.24, 2.45) is 7.05 Å². The van der Waals surface area contributed by atoms with Gasteiger partial charge < -0.3 is 10.1 Å². The molecule has 8 nitrogen and oxygen atoms in total. The van der Waals surface area contributed by atoms with Crippen LogP contribution in [0.25, 0.3) is 11.1 Å². The van der Waals surface area contributed by atoms with Gasteiger partial charge in [-0.2, -0.15) is 10.2 Å². The molecule has 0 aliphatic heterocycles. The fourth-order valence-electron chi connectivity index (χ4n) is 2.27. The fraction of sp³-hybridized carbons (Fsp3) is 0.125. The van der Waals surface area contributed by atoms with Crippen LogP contribution in [0.2, 0.25) is 0 Å². The maximum Gasteiger partial charge on any atom is 0.360 e. The molecule has 0 aliphatic carbocycles. The van der Waals surface area contributed by atoms with Crippen molar-refractivity contribution in [3.05, 3.63) is 54.1 Å². The largest absolute Gasteiger partial charge is 0.464 e. The normalized spacial score (nSPS) is 10.4. The first-order valence-corrected chi connectivity index (χ1v) is 7.11. The van der Waals surface area contributed by atoms with E-state index in [-0.39, 0.29) is 11.6 Å². The van der Waals surface area contributed by atoms with Crippen LogP contribution >= 0.6 is 0 Å². The maximum atomic E-state index is 12.5. The lowest BCUT2D eigenvalue weighted by Gasteiger charge is -2.06. The number of benzene rings is 1. The second-order valence-electron chi connectivity index (χ2n) is 5.08. The molecule has 2 heterocycles. The Hall–Kier alpha value is -3.42. The molecule has 1 amide bonds. The van der Waals surface area contributed by atoms with Gasteiger partial charge in [-0.25, -0.2) is 4.79 Å². The van der Waals surface area contributed by atoms with Crippen LogP contribution in [0.3, 0.4) is 0 Å². The van der Waals surface area contributed by atoms with Crippen molar-refractivity contribution in [1.29, 1.82) is 0 Å². The molecule has 0 unspecified atom stereocenters. The maximum absolute atomic E-state index is 12.5. The third-order valence-electron chi connectivity index (χ3n) is 3.41. The van der Waals surface area contributed by atoms with Gasteiger partial charge in [0, 0.05) is 30.6 Å². The van der Waals surface area contributed by atoms with Gasteiger partial charge in [-0.3, -0.25) is 14.6 Å². The molecule has 122 valence electrons. The standard InChI is InChI=1S/C16H15N5O3/c1-21-9-13(14(20-21)16(23)24-2)19-15(22)11-5-3-4-10(6-11)12-7-17-18-8-12/h3-9H,1-2H3,(H,17,18)(H,19,22). The molecular weight excluding hydrogens is 310 g/mol. The molecule has 0 atom stereocenters. The highest BCUT2D eigenvalue weighted by molar-refractivity contribution is 6.07. The summed E-state index contributed by atoms with van der Waals surface area (Å²) in [5, 5.41) is 13.3. The van der Waals surface area contributed by atoms with E-state index in [4.69, 9.17) is 0 Å². The first kappa shape index (κ1) is 15.5. The molecule has 0 saturated heterocycles. The second kappa shape index (κ2) is 6.37. The Morgan fingerprint density at radius 3 is 2.83 bits per heavy atom. The number of hydrogen-bond acceptors (Lipinski definition) is 5. The third kappa shape index (κ3) is 3.02. The number of aromatic amines is 1. The Morgan fingerprint density at radius 1 is 1.29 bits per heavy atom. The summed E-state index contributed by atoms with van der Waals surface area (Å²) in [5.41, 5.74) is 2.54. The second-order valence-corrected chi connectivity index (χ2v) is 5.08. The van der Waals surface area contributed by atoms with Crippen LogP contribution in [0.15, 0.2) is 42.9 Å². The van der Waals surface area contributed by atoms with Crippen LogP contribution in [-0.4, -0.2) is 39.0 Å². The monoisotopic (exact) mass is 325 g/mol. The molecule has 0 radical (unpaired) electrons. The number of nitrogens with zero attached hydrogens (tertiary/aromatic N) is 3. The Balaban J connectivity index is 1.86. The third-order valence-corrected chi connectivity index (χ3v) is 3.41. The number of anilines is 1. The predicted molar refractivity (Wildman–Crippen MR) is 86.5 cm³/mol. The summed E-state index contributed by atoms with van der Waals surface area (Å²) in [7, 11) is 2.92. The number of carbonyl (C=O) groups excluding carboxylic acids is 2. The molecule has 24 heavy (non-hydrogen) atoms. The van der Waals surface area contributed by atoms with Gasteiger partial charge in [0.05, 0.1) is 19.0 Å². The number of aryl methyl sites for hydroxylation is 1. The van der Waals surface area contributed by atoms with Crippen molar-refractivity contribution in [3.8, 4) is 11.1 Å². The average Bonchev–Trinajstić information content (AvgIpc) is 3.24. The predicted octanol–water partition coefficient (Wildman–Crippen LogP) is 1.85. The molecular formula is C16H15N5O3. The van der Waals surface area contributed by atoms with Gasteiger partial charge in [0.25, 0.3) is 5.91 Å². The van der Waals surface area contributed by atoms with E-state index in [1.54, 1.807) is 43.8 Å². The van der Waals surface area contributed by atoms with Gasteiger partial charge in [0.1, 0.15) is 0 Å². The molecule has 0 saturated carbocycles. The molecule has 0 fully saturated rings. The SMILES string of the molecule is COC(=O)c1nn(C)cc1NC(=O)c1cccc(-c2cn[nH]c2)c1. The zero-order chi connectivity index (χ0) is 17.1. The number of nitrogens with one attached hydrogen (secondary N) is 2. The number of amides is 1. The van der Waals surface area contributed by atoms with Gasteiger partial charge >= 0.3 is 5.97 Å². The smallest absolute Gasteiger partial charge is 0.360 e. The Morgan fingerprint density at radius 2 is 2.12 bits per heavy atom. The topological polar surface area (TPSA) is 102 Å². The molecule has 0 bridgehead atoms. The van der Waals surface area contributed by atoms with Gasteiger partial charge in [0.2, 0.25) is 0 Å². The molecule has 1 aromatic carbocycles. The van der Waals surface area contributed by atoms with Gasteiger partial charge in [-0.1, -0.05) is 12.1 Å². The first-order valence-electron chi connectivity index (χ1n) is 7.11. The van der Waals surface area contributed by atoms with Gasteiger partial charge in [0.15, 0.2) is 5.69 Å². The number of ether oxygens (including phenoxy) is 1. The van der Waals surface area contributed by atoms with Gasteiger partial charge in [-0.15, -0.1) is 0 Å². The number of esters is 1. The number of methoxy groups -OCH3 is 1. The summed E-state index contributed by atoms with van der Waals surface area (Å²) < 4.78 is 6.10. The Kier molecular flexibility index (Phi) is 4.11. The van der Waals surface area contributed by atoms with E-state index in [9.17, 15) is 9.59 Å². The van der Waals surface area contributed by atoms with Crippen LogP contribution in [0.1, 0.15) is 20.8 Å². The quantitative estimate of drug-likeness (QED) is 0.713. The van der Waals surface area contributed by atoms with E-state index in [2.05, 4.69) is 25.3 Å². The lowest BCUT2D eigenvalue weighted by atomic mass is 10.1. The first-order chi connectivity index (χ1) is 11.6. The highest BCUT2D eigenvalue weighted by Crippen LogP contribution is 2.20. The summed E-state index contributed by atoms with van der Waals surface area (Å²) in [4.78, 5) is 24.2. The van der Waals surface area contributed by atoms with Crippen molar-refractivity contribution in [3.63, 3.8) is 0 Å². The summed E-state index contributed by atoms with van der Waals surface area (Å²) >= 11 is 0. The van der Waals surface area contributed by atoms with E-state index < -0.39 is 5.97 Å². The summed E-state index contributed by atoms with van der Waals surface area (Å²) in [6.45, 7) is 0. The Bertz CT molecular complexity index is 883. The highest BCUT2D eigenvalue weighted by Gasteiger charge is 2.19. The van der Waals surface area contributed by atoms with Crippen LogP contribution in [-0.2, 0) is 11.8 Å². The zero-order valence-electron chi connectivity index (χ0n) is 13.1. The van der Waals surface area contributed by atoms with E-state index in [0.29, 0.717) is 11.3 Å². The van der Waals surface area contributed by atoms with Crippen molar-refractivity contribution in [1.82, 2.24) is 20.0 Å². The van der Waals surface area contributed by atoms with E-state index in [1.807, 2.05) is 6.07 Å². The summed E-state index contributed by atoms with van der Waals surface area (Å²) in [6.07, 6.45) is 4.96. The van der Waals surface area contributed by atoms with Gasteiger partial charge in [-0.05, 0) is 17.7 Å². The summed E-state index contributed by atoms with van der Waals surface area (Å²) in [5.74, 6) is -0.962. The zero-order valence-corrected chi connectivity index (χ0v) is 13.1. The van der Waals surface area contributed by atoms with Crippen molar-refractivity contribution < 1.29 is 14.3 Å². The lowest BCUT2D eigenvalue weighted by molar-refractivity contribution is 0.0594. The lowest BCUT2D eigenvalue weighted by Crippen LogP contribution is -2.14. The molecule has 3 aromatic rings.